The molecule has 0 radical (unpaired) electrons. The topological polar surface area (TPSA) is 58.1 Å². The summed E-state index contributed by atoms with van der Waals surface area (Å²) in [4.78, 5) is 28.1. The first-order chi connectivity index (χ1) is 13.9. The number of nitrogens with zero attached hydrogens (tertiary/aromatic N) is 2. The molecule has 0 bridgehead atoms. The Bertz CT molecular complexity index is 1080. The zero-order valence-corrected chi connectivity index (χ0v) is 17.4. The van der Waals surface area contributed by atoms with Gasteiger partial charge in [0.05, 0.1) is 6.04 Å². The molecule has 0 spiro atoms. The molecule has 1 aliphatic rings. The van der Waals surface area contributed by atoms with Gasteiger partial charge in [-0.25, -0.2) is 0 Å². The van der Waals surface area contributed by atoms with E-state index in [0.717, 1.165) is 23.9 Å². The van der Waals surface area contributed by atoms with Gasteiger partial charge in [0.1, 0.15) is 5.52 Å². The fourth-order valence-electron chi connectivity index (χ4n) is 3.93. The van der Waals surface area contributed by atoms with Crippen LogP contribution in [0, 0.1) is 6.92 Å². The molecule has 0 saturated heterocycles. The van der Waals surface area contributed by atoms with Gasteiger partial charge in [-0.1, -0.05) is 30.3 Å². The van der Waals surface area contributed by atoms with Crippen LogP contribution in [-0.4, -0.2) is 27.4 Å². The number of nitrogens with one attached hydrogen (secondary N) is 1. The largest absolute Gasteiger partial charge is 0.354 e. The third-order valence-electron chi connectivity index (χ3n) is 5.52. The van der Waals surface area contributed by atoms with E-state index in [0.29, 0.717) is 12.1 Å². The molecule has 3 aromatic rings. The summed E-state index contributed by atoms with van der Waals surface area (Å²) in [6, 6.07) is 12.7. The monoisotopic (exact) mass is 393 g/mol. The van der Waals surface area contributed by atoms with E-state index in [9.17, 15) is 9.59 Å². The highest BCUT2D eigenvalue weighted by Gasteiger charge is 2.24. The molecule has 5 heteroatoms. The van der Waals surface area contributed by atoms with Gasteiger partial charge in [0, 0.05) is 39.2 Å². The maximum atomic E-state index is 11.8. The van der Waals surface area contributed by atoms with E-state index in [1.165, 1.54) is 17.5 Å². The summed E-state index contributed by atoms with van der Waals surface area (Å²) in [5.74, 6) is 0.150. The molecule has 1 N–H and O–H groups in total. The molecule has 0 saturated carbocycles. The number of carbonyl (C=O) groups is 1. The fourth-order valence-corrected chi connectivity index (χ4v) is 3.93. The number of hydrogen-bond acceptors (Lipinski definition) is 2. The highest BCUT2D eigenvalue weighted by Crippen LogP contribution is 2.33. The number of hydrogen-bond donors (Lipinski definition) is 1. The van der Waals surface area contributed by atoms with Crippen molar-refractivity contribution in [1.82, 2.24) is 14.5 Å². The maximum absolute atomic E-state index is 11.8. The molecule has 154 valence electrons. The van der Waals surface area contributed by atoms with Crippen LogP contribution in [0.1, 0.15) is 44.1 Å². The van der Waals surface area contributed by atoms with Gasteiger partial charge in [-0.3, -0.25) is 9.59 Å². The maximum Gasteiger partial charge on any atom is 0.275 e. The lowest BCUT2D eigenvalue weighted by molar-refractivity contribution is -0.130. The zero-order valence-electron chi connectivity index (χ0n) is 17.4. The van der Waals surface area contributed by atoms with Crippen LogP contribution < -0.4 is 5.56 Å². The number of fused-ring (bicyclic) bond motifs is 2. The van der Waals surface area contributed by atoms with Crippen molar-refractivity contribution in [2.24, 2.45) is 0 Å². The van der Waals surface area contributed by atoms with Gasteiger partial charge < -0.3 is 14.5 Å². The molecule has 2 heterocycles. The molecule has 0 aliphatic heterocycles. The number of allylic oxidation sites excluding steroid dienone is 1. The quantitative estimate of drug-likeness (QED) is 0.661. The normalized spacial score (nSPS) is 15.2. The minimum absolute atomic E-state index is 0. The van der Waals surface area contributed by atoms with Crippen LogP contribution in [-0.2, 0) is 17.8 Å². The van der Waals surface area contributed by atoms with Crippen molar-refractivity contribution >= 4 is 16.8 Å². The second kappa shape index (κ2) is 8.95. The van der Waals surface area contributed by atoms with Crippen LogP contribution >= 0.6 is 0 Å². The summed E-state index contributed by atoms with van der Waals surface area (Å²) in [5.41, 5.74) is 4.43. The first-order valence-electron chi connectivity index (χ1n) is 10.0. The first-order valence-corrected chi connectivity index (χ1v) is 10.0. The van der Waals surface area contributed by atoms with Gasteiger partial charge in [0.15, 0.2) is 0 Å². The van der Waals surface area contributed by atoms with Crippen LogP contribution in [0.2, 0.25) is 0 Å². The first kappa shape index (κ1) is 20.6. The molecule has 29 heavy (non-hydrogen) atoms. The Hall–Kier alpha value is -3.08. The van der Waals surface area contributed by atoms with E-state index in [-0.39, 0.29) is 18.9 Å². The Kier molecular flexibility index (Phi) is 6.37. The fraction of sp³-hybridized carbons (Fsp3) is 0.333. The van der Waals surface area contributed by atoms with Gasteiger partial charge >= 0.3 is 0 Å². The van der Waals surface area contributed by atoms with Gasteiger partial charge in [-0.05, 0) is 49.4 Å². The molecule has 5 nitrogen and oxygen atoms in total. The molecular formula is C24H31N3O2. The van der Waals surface area contributed by atoms with Crippen LogP contribution in [0.4, 0.5) is 0 Å². The third-order valence-corrected chi connectivity index (χ3v) is 5.52. The van der Waals surface area contributed by atoms with Crippen LogP contribution in [0.5, 0.6) is 0 Å². The minimum Gasteiger partial charge on any atom is -0.354 e. The van der Waals surface area contributed by atoms with Crippen molar-refractivity contribution in [3.05, 3.63) is 82.4 Å². The van der Waals surface area contributed by atoms with Crippen LogP contribution in [0.25, 0.3) is 10.9 Å². The molecule has 1 aliphatic carbocycles. The van der Waals surface area contributed by atoms with Crippen molar-refractivity contribution in [2.75, 3.05) is 7.05 Å². The Labute approximate surface area is 173 Å². The van der Waals surface area contributed by atoms with Crippen LogP contribution in [0.3, 0.4) is 0 Å². The zero-order chi connectivity index (χ0) is 21.0. The lowest BCUT2D eigenvalue weighted by Crippen LogP contribution is -2.31. The lowest BCUT2D eigenvalue weighted by Gasteiger charge is -2.32. The molecular weight excluding hydrogens is 362 g/mol. The molecule has 0 fully saturated rings. The van der Waals surface area contributed by atoms with E-state index in [4.69, 9.17) is 0 Å². The molecule has 1 atom stereocenters. The number of benzene rings is 1. The van der Waals surface area contributed by atoms with E-state index in [1.54, 1.807) is 23.8 Å². The van der Waals surface area contributed by atoms with Gasteiger partial charge in [0.25, 0.3) is 5.56 Å². The number of rotatable bonds is 3. The Balaban J connectivity index is 0.000000207. The number of aryl methyl sites for hydroxylation is 2. The van der Waals surface area contributed by atoms with E-state index in [1.807, 2.05) is 31.0 Å². The Morgan fingerprint density at radius 2 is 2.14 bits per heavy atom. The molecule has 1 unspecified atom stereocenters. The number of H-pyrrole nitrogens is 1. The molecule has 4 rings (SSSR count). The second-order valence-electron chi connectivity index (χ2n) is 7.58. The summed E-state index contributed by atoms with van der Waals surface area (Å²) in [7, 11) is 1.90. The molecule has 2 aromatic heterocycles. The summed E-state index contributed by atoms with van der Waals surface area (Å²) in [6.07, 6.45) is 6.92. The average Bonchev–Trinajstić information content (AvgIpc) is 3.11. The number of amides is 1. The predicted octanol–water partition coefficient (Wildman–Crippen LogP) is 4.61. The summed E-state index contributed by atoms with van der Waals surface area (Å²) in [6.45, 7) is 7.74. The predicted molar refractivity (Wildman–Crippen MR) is 120 cm³/mol. The van der Waals surface area contributed by atoms with E-state index in [2.05, 4.69) is 35.8 Å². The van der Waals surface area contributed by atoms with Gasteiger partial charge in [0.2, 0.25) is 5.91 Å². The molecule has 1 amide bonds. The number of aromatic nitrogens is 2. The molecule has 1 aromatic carbocycles. The average molecular weight is 394 g/mol. The van der Waals surface area contributed by atoms with E-state index >= 15 is 0 Å². The highest BCUT2D eigenvalue weighted by atomic mass is 16.2. The van der Waals surface area contributed by atoms with Crippen molar-refractivity contribution in [2.45, 2.75) is 45.7 Å². The second-order valence-corrected chi connectivity index (χ2v) is 7.58. The Morgan fingerprint density at radius 1 is 1.38 bits per heavy atom. The number of carbonyl (C=O) groups excluding carboxylic acids is 1. The van der Waals surface area contributed by atoms with Crippen LogP contribution in [0.15, 0.2) is 60.0 Å². The smallest absolute Gasteiger partial charge is 0.275 e. The van der Waals surface area contributed by atoms with Crippen molar-refractivity contribution in [1.29, 1.82) is 0 Å². The van der Waals surface area contributed by atoms with Gasteiger partial charge in [-0.2, -0.15) is 0 Å². The SMILES string of the molecule is C=CCn1ccc2cc(C)[nH]c2c1=O.CC(=O)N(C)C1CCCc2ccccc21.[HH]. The lowest BCUT2D eigenvalue weighted by atomic mass is 9.87. The standard InChI is InChI=1S/C13H17NO.C11H12N2O.H2/c1-10(15)14(2)13-9-5-7-11-6-3-4-8-12(11)13;1-3-5-13-6-4-9-7-8(2)12-10(9)11(13)14;/h3-4,6,8,13H,5,7,9H2,1-2H3;3-4,6-7,12H,1,5H2,2H3;1H. The Morgan fingerprint density at radius 3 is 2.86 bits per heavy atom. The summed E-state index contributed by atoms with van der Waals surface area (Å²) in [5, 5.41) is 0.966. The number of pyridine rings is 1. The number of aromatic amines is 1. The van der Waals surface area contributed by atoms with Gasteiger partial charge in [-0.15, -0.1) is 6.58 Å². The summed E-state index contributed by atoms with van der Waals surface area (Å²) >= 11 is 0. The highest BCUT2D eigenvalue weighted by molar-refractivity contribution is 5.79. The minimum atomic E-state index is 0. The third kappa shape index (κ3) is 4.50. The van der Waals surface area contributed by atoms with Crippen molar-refractivity contribution < 1.29 is 6.22 Å². The van der Waals surface area contributed by atoms with Crippen molar-refractivity contribution in [3.8, 4) is 0 Å². The van der Waals surface area contributed by atoms with Crippen molar-refractivity contribution in [3.63, 3.8) is 0 Å². The summed E-state index contributed by atoms with van der Waals surface area (Å²) < 4.78 is 1.63. The van der Waals surface area contributed by atoms with E-state index < -0.39 is 0 Å².